The van der Waals surface area contributed by atoms with E-state index in [1.165, 1.54) is 12.1 Å². The first kappa shape index (κ1) is 16.7. The molecule has 0 spiro atoms. The molecule has 0 heterocycles. The van der Waals surface area contributed by atoms with Crippen molar-refractivity contribution in [2.24, 2.45) is 0 Å². The van der Waals surface area contributed by atoms with E-state index in [1.807, 2.05) is 6.92 Å². The maximum atomic E-state index is 12.2. The van der Waals surface area contributed by atoms with E-state index in [9.17, 15) is 13.2 Å². The van der Waals surface area contributed by atoms with Crippen LogP contribution >= 0.6 is 11.6 Å². The largest absolute Gasteiger partial charge is 0.294 e. The molecule has 2 aromatic carbocycles. The van der Waals surface area contributed by atoms with Gasteiger partial charge in [-0.05, 0) is 36.2 Å². The lowest BCUT2D eigenvalue weighted by atomic mass is 10.1. The molecule has 0 atom stereocenters. The van der Waals surface area contributed by atoms with Gasteiger partial charge in [0.2, 0.25) is 0 Å². The van der Waals surface area contributed by atoms with Crippen LogP contribution in [0.2, 0.25) is 5.02 Å². The van der Waals surface area contributed by atoms with Crippen molar-refractivity contribution in [3.63, 3.8) is 0 Å². The van der Waals surface area contributed by atoms with E-state index in [0.717, 1.165) is 5.56 Å². The lowest BCUT2D eigenvalue weighted by Gasteiger charge is -2.06. The topological polar surface area (TPSA) is 51.2 Å². The third kappa shape index (κ3) is 4.18. The van der Waals surface area contributed by atoms with Crippen LogP contribution < -0.4 is 0 Å². The first-order valence-electron chi connectivity index (χ1n) is 7.03. The number of hydrogen-bond acceptors (Lipinski definition) is 3. The Morgan fingerprint density at radius 2 is 1.59 bits per heavy atom. The monoisotopic (exact) mass is 336 g/mol. The number of carbonyl (C=O) groups is 1. The fraction of sp³-hybridized carbons (Fsp3) is 0.235. The third-order valence-corrected chi connectivity index (χ3v) is 5.41. The molecule has 0 aromatic heterocycles. The van der Waals surface area contributed by atoms with Gasteiger partial charge in [0.1, 0.15) is 0 Å². The van der Waals surface area contributed by atoms with Gasteiger partial charge in [0.05, 0.1) is 10.6 Å². The Hall–Kier alpha value is -1.65. The van der Waals surface area contributed by atoms with Crippen LogP contribution in [0.1, 0.15) is 29.3 Å². The van der Waals surface area contributed by atoms with Gasteiger partial charge in [0.25, 0.3) is 0 Å². The standard InChI is InChI=1S/C17H17ClO3S/c1-2-17(19)14-5-3-13(4-6-14)11-12-22(20,21)16-9-7-15(18)8-10-16/h3-10H,2,11-12H2,1H3. The van der Waals surface area contributed by atoms with Crippen molar-refractivity contribution in [1.29, 1.82) is 0 Å². The van der Waals surface area contributed by atoms with Crippen LogP contribution in [-0.2, 0) is 16.3 Å². The van der Waals surface area contributed by atoms with Crippen molar-refractivity contribution < 1.29 is 13.2 Å². The average Bonchev–Trinajstić information content (AvgIpc) is 2.53. The van der Waals surface area contributed by atoms with Crippen molar-refractivity contribution in [3.05, 3.63) is 64.7 Å². The number of hydrogen-bond donors (Lipinski definition) is 0. The van der Waals surface area contributed by atoms with Crippen molar-refractivity contribution >= 4 is 27.2 Å². The van der Waals surface area contributed by atoms with Gasteiger partial charge in [-0.25, -0.2) is 8.42 Å². The second kappa shape index (κ2) is 7.07. The molecule has 0 aliphatic carbocycles. The van der Waals surface area contributed by atoms with Gasteiger partial charge in [-0.2, -0.15) is 0 Å². The summed E-state index contributed by atoms with van der Waals surface area (Å²) in [5.41, 5.74) is 1.55. The predicted molar refractivity (Wildman–Crippen MR) is 88.3 cm³/mol. The van der Waals surface area contributed by atoms with Gasteiger partial charge < -0.3 is 0 Å². The van der Waals surface area contributed by atoms with E-state index in [-0.39, 0.29) is 16.4 Å². The summed E-state index contributed by atoms with van der Waals surface area (Å²) in [5, 5.41) is 0.509. The lowest BCUT2D eigenvalue weighted by molar-refractivity contribution is 0.0988. The number of aryl methyl sites for hydroxylation is 1. The smallest absolute Gasteiger partial charge is 0.178 e. The zero-order valence-electron chi connectivity index (χ0n) is 12.3. The van der Waals surface area contributed by atoms with Crippen LogP contribution in [0, 0.1) is 0 Å². The molecule has 0 saturated carbocycles. The second-order valence-corrected chi connectivity index (χ2v) is 7.54. The Morgan fingerprint density at radius 1 is 1.00 bits per heavy atom. The average molecular weight is 337 g/mol. The van der Waals surface area contributed by atoms with Gasteiger partial charge in [0, 0.05) is 17.0 Å². The summed E-state index contributed by atoms with van der Waals surface area (Å²) in [6, 6.07) is 13.3. The molecule has 0 radical (unpaired) electrons. The van der Waals surface area contributed by atoms with Crippen LogP contribution in [-0.4, -0.2) is 20.0 Å². The summed E-state index contributed by atoms with van der Waals surface area (Å²) in [4.78, 5) is 11.8. The van der Waals surface area contributed by atoms with Crippen molar-refractivity contribution in [2.45, 2.75) is 24.7 Å². The Labute approximate surface area is 135 Å². The van der Waals surface area contributed by atoms with E-state index < -0.39 is 9.84 Å². The van der Waals surface area contributed by atoms with Crippen LogP contribution in [0.25, 0.3) is 0 Å². The summed E-state index contributed by atoms with van der Waals surface area (Å²) in [7, 11) is -3.33. The van der Waals surface area contributed by atoms with Crippen LogP contribution in [0.15, 0.2) is 53.4 Å². The molecule has 0 aliphatic rings. The molecule has 5 heteroatoms. The molecule has 0 amide bonds. The van der Waals surface area contributed by atoms with Crippen molar-refractivity contribution in [3.8, 4) is 0 Å². The van der Waals surface area contributed by atoms with Crippen molar-refractivity contribution in [1.82, 2.24) is 0 Å². The molecule has 0 fully saturated rings. The van der Waals surface area contributed by atoms with Gasteiger partial charge in [-0.3, -0.25) is 4.79 Å². The molecule has 2 aromatic rings. The van der Waals surface area contributed by atoms with E-state index in [2.05, 4.69) is 0 Å². The van der Waals surface area contributed by atoms with Crippen molar-refractivity contribution in [2.75, 3.05) is 5.75 Å². The normalized spacial score (nSPS) is 11.4. The van der Waals surface area contributed by atoms with Gasteiger partial charge in [-0.1, -0.05) is 42.8 Å². The quantitative estimate of drug-likeness (QED) is 0.750. The number of ketones is 1. The number of benzene rings is 2. The molecule has 0 N–H and O–H groups in total. The van der Waals surface area contributed by atoms with Crippen LogP contribution in [0.4, 0.5) is 0 Å². The maximum absolute atomic E-state index is 12.2. The number of carbonyl (C=O) groups excluding carboxylic acids is 1. The molecule has 0 aliphatic heterocycles. The molecule has 0 unspecified atom stereocenters. The van der Waals surface area contributed by atoms with Gasteiger partial charge in [-0.15, -0.1) is 0 Å². The minimum absolute atomic E-state index is 0.0235. The summed E-state index contributed by atoms with van der Waals surface area (Å²) in [5.74, 6) is 0.107. The first-order chi connectivity index (χ1) is 10.4. The minimum atomic E-state index is -3.33. The predicted octanol–water partition coefficient (Wildman–Crippen LogP) is 3.95. The molecule has 0 saturated heterocycles. The molecular formula is C17H17ClO3S. The Bertz CT molecular complexity index is 747. The third-order valence-electron chi connectivity index (χ3n) is 3.43. The van der Waals surface area contributed by atoms with Crippen LogP contribution in [0.3, 0.4) is 0 Å². The SMILES string of the molecule is CCC(=O)c1ccc(CCS(=O)(=O)c2ccc(Cl)cc2)cc1. The highest BCUT2D eigenvalue weighted by Gasteiger charge is 2.14. The fourth-order valence-corrected chi connectivity index (χ4v) is 3.49. The molecular weight excluding hydrogens is 320 g/mol. The highest BCUT2D eigenvalue weighted by Crippen LogP contribution is 2.17. The molecule has 2 rings (SSSR count). The summed E-state index contributed by atoms with van der Waals surface area (Å²) >= 11 is 5.76. The highest BCUT2D eigenvalue weighted by molar-refractivity contribution is 7.91. The van der Waals surface area contributed by atoms with Gasteiger partial charge in [0.15, 0.2) is 15.6 Å². The van der Waals surface area contributed by atoms with E-state index in [4.69, 9.17) is 11.6 Å². The minimum Gasteiger partial charge on any atom is -0.294 e. The zero-order valence-corrected chi connectivity index (χ0v) is 13.8. The fourth-order valence-electron chi connectivity index (χ4n) is 2.07. The van der Waals surface area contributed by atoms with E-state index in [0.29, 0.717) is 23.4 Å². The Kier molecular flexibility index (Phi) is 5.37. The number of Topliss-reactive ketones (excluding diaryl/α,β-unsaturated/α-hetero) is 1. The zero-order chi connectivity index (χ0) is 16.2. The first-order valence-corrected chi connectivity index (χ1v) is 9.06. The molecule has 0 bridgehead atoms. The second-order valence-electron chi connectivity index (χ2n) is 5.00. The maximum Gasteiger partial charge on any atom is 0.178 e. The van der Waals surface area contributed by atoms with Crippen LogP contribution in [0.5, 0.6) is 0 Å². The summed E-state index contributed by atoms with van der Waals surface area (Å²) < 4.78 is 24.5. The number of sulfone groups is 1. The summed E-state index contributed by atoms with van der Waals surface area (Å²) in [6.45, 7) is 1.81. The Balaban J connectivity index is 2.05. The van der Waals surface area contributed by atoms with Gasteiger partial charge >= 0.3 is 0 Å². The molecule has 3 nitrogen and oxygen atoms in total. The summed E-state index contributed by atoms with van der Waals surface area (Å²) in [6.07, 6.45) is 0.871. The number of rotatable bonds is 6. The number of halogens is 1. The lowest BCUT2D eigenvalue weighted by Crippen LogP contribution is -2.09. The molecule has 22 heavy (non-hydrogen) atoms. The molecule has 116 valence electrons. The highest BCUT2D eigenvalue weighted by atomic mass is 35.5. The Morgan fingerprint density at radius 3 is 2.14 bits per heavy atom. The van der Waals surface area contributed by atoms with E-state index in [1.54, 1.807) is 36.4 Å². The van der Waals surface area contributed by atoms with E-state index >= 15 is 0 Å².